The molecule has 2 aliphatic heterocycles. The number of likely N-dealkylation sites (tertiary alicyclic amines) is 1. The first-order valence-electron chi connectivity index (χ1n) is 9.29. The Balaban J connectivity index is 1.56. The average molecular weight is 378 g/mol. The smallest absolute Gasteiger partial charge is 0.237 e. The third-order valence-corrected chi connectivity index (χ3v) is 6.93. The molecule has 0 aromatic heterocycles. The van der Waals surface area contributed by atoms with E-state index >= 15 is 0 Å². The van der Waals surface area contributed by atoms with Crippen LogP contribution in [0.25, 0.3) is 0 Å². The number of fused-ring (bicyclic) bond motifs is 1. The second-order valence-electron chi connectivity index (χ2n) is 7.12. The van der Waals surface area contributed by atoms with Crippen molar-refractivity contribution < 1.29 is 18.0 Å². The van der Waals surface area contributed by atoms with E-state index in [1.807, 2.05) is 23.1 Å². The molecule has 2 heterocycles. The zero-order valence-electron chi connectivity index (χ0n) is 15.2. The number of hydrogen-bond donors (Lipinski definition) is 0. The Morgan fingerprint density at radius 3 is 2.50 bits per heavy atom. The van der Waals surface area contributed by atoms with Gasteiger partial charge in [-0.3, -0.25) is 9.59 Å². The van der Waals surface area contributed by atoms with Gasteiger partial charge < -0.3 is 9.80 Å². The Bertz CT molecular complexity index is 782. The number of para-hydroxylation sites is 1. The maximum Gasteiger partial charge on any atom is 0.237 e. The maximum absolute atomic E-state index is 12.9. The van der Waals surface area contributed by atoms with Gasteiger partial charge in [-0.15, -0.1) is 0 Å². The van der Waals surface area contributed by atoms with Gasteiger partial charge >= 0.3 is 0 Å². The standard InChI is InChI=1S/C19H26N2O4S/c1-2-13-26(24,25)14-18(22)20-10-7-16(8-11-20)19(23)21-12-9-15-5-3-4-6-17(15)21/h3-6,16H,2,7-14H2,1H3. The molecule has 7 heteroatoms. The summed E-state index contributed by atoms with van der Waals surface area (Å²) in [5.74, 6) is -0.685. The molecule has 142 valence electrons. The van der Waals surface area contributed by atoms with Gasteiger partial charge in [0, 0.05) is 31.2 Å². The monoisotopic (exact) mass is 378 g/mol. The number of nitrogens with zero attached hydrogens (tertiary/aromatic N) is 2. The number of carbonyl (C=O) groups is 2. The second kappa shape index (κ2) is 7.78. The molecule has 1 aromatic carbocycles. The summed E-state index contributed by atoms with van der Waals surface area (Å²) < 4.78 is 23.7. The predicted octanol–water partition coefficient (Wildman–Crippen LogP) is 1.64. The first-order chi connectivity index (χ1) is 12.4. The minimum atomic E-state index is -3.32. The van der Waals surface area contributed by atoms with Gasteiger partial charge in [0.15, 0.2) is 9.84 Å². The first kappa shape index (κ1) is 18.9. The topological polar surface area (TPSA) is 74.8 Å². The van der Waals surface area contributed by atoms with Gasteiger partial charge in [-0.05, 0) is 37.3 Å². The molecule has 0 radical (unpaired) electrons. The zero-order valence-corrected chi connectivity index (χ0v) is 16.0. The zero-order chi connectivity index (χ0) is 18.7. The summed E-state index contributed by atoms with van der Waals surface area (Å²) >= 11 is 0. The molecule has 26 heavy (non-hydrogen) atoms. The van der Waals surface area contributed by atoms with E-state index in [2.05, 4.69) is 6.07 Å². The molecule has 3 rings (SSSR count). The Hall–Kier alpha value is -1.89. The van der Waals surface area contributed by atoms with Crippen LogP contribution in [0, 0.1) is 5.92 Å². The molecule has 0 saturated carbocycles. The molecule has 0 spiro atoms. The number of carbonyl (C=O) groups excluding carboxylic acids is 2. The summed E-state index contributed by atoms with van der Waals surface area (Å²) in [4.78, 5) is 28.6. The van der Waals surface area contributed by atoms with Gasteiger partial charge in [-0.2, -0.15) is 0 Å². The highest BCUT2D eigenvalue weighted by Gasteiger charge is 2.33. The average Bonchev–Trinajstić information content (AvgIpc) is 3.05. The van der Waals surface area contributed by atoms with E-state index in [-0.39, 0.29) is 23.5 Å². The molecule has 0 bridgehead atoms. The highest BCUT2D eigenvalue weighted by atomic mass is 32.2. The van der Waals surface area contributed by atoms with Crippen molar-refractivity contribution in [3.8, 4) is 0 Å². The van der Waals surface area contributed by atoms with Crippen molar-refractivity contribution in [3.05, 3.63) is 29.8 Å². The van der Waals surface area contributed by atoms with Gasteiger partial charge in [-0.1, -0.05) is 25.1 Å². The van der Waals surface area contributed by atoms with Crippen LogP contribution in [0.15, 0.2) is 24.3 Å². The number of benzene rings is 1. The van der Waals surface area contributed by atoms with Gasteiger partial charge in [-0.25, -0.2) is 8.42 Å². The molecule has 0 N–H and O–H groups in total. The van der Waals surface area contributed by atoms with Crippen molar-refractivity contribution in [1.82, 2.24) is 4.90 Å². The number of piperidine rings is 1. The summed E-state index contributed by atoms with van der Waals surface area (Å²) in [6.45, 7) is 3.40. The number of amides is 2. The molecular formula is C19H26N2O4S. The summed E-state index contributed by atoms with van der Waals surface area (Å²) in [6.07, 6.45) is 2.59. The van der Waals surface area contributed by atoms with Crippen LogP contribution in [-0.2, 0) is 25.8 Å². The molecular weight excluding hydrogens is 352 g/mol. The minimum absolute atomic E-state index is 0.0437. The summed E-state index contributed by atoms with van der Waals surface area (Å²) in [5.41, 5.74) is 2.20. The van der Waals surface area contributed by atoms with E-state index in [4.69, 9.17) is 0 Å². The molecule has 2 aliphatic rings. The van der Waals surface area contributed by atoms with E-state index < -0.39 is 15.6 Å². The van der Waals surface area contributed by atoms with Crippen LogP contribution < -0.4 is 4.90 Å². The Kier molecular flexibility index (Phi) is 5.65. The molecule has 0 atom stereocenters. The number of rotatable bonds is 5. The highest BCUT2D eigenvalue weighted by molar-refractivity contribution is 7.92. The number of sulfone groups is 1. The SMILES string of the molecule is CCCS(=O)(=O)CC(=O)N1CCC(C(=O)N2CCc3ccccc32)CC1. The van der Waals surface area contributed by atoms with Crippen molar-refractivity contribution in [2.45, 2.75) is 32.6 Å². The molecule has 1 aromatic rings. The van der Waals surface area contributed by atoms with E-state index in [0.29, 0.717) is 38.9 Å². The summed E-state index contributed by atoms with van der Waals surface area (Å²) in [5, 5.41) is 0. The van der Waals surface area contributed by atoms with E-state index in [1.165, 1.54) is 5.56 Å². The fourth-order valence-electron chi connectivity index (χ4n) is 3.83. The molecule has 1 saturated heterocycles. The normalized spacial score (nSPS) is 18.0. The quantitative estimate of drug-likeness (QED) is 0.781. The molecule has 2 amide bonds. The van der Waals surface area contributed by atoms with Crippen LogP contribution in [0.1, 0.15) is 31.7 Å². The largest absolute Gasteiger partial charge is 0.342 e. The maximum atomic E-state index is 12.9. The van der Waals surface area contributed by atoms with Gasteiger partial charge in [0.05, 0.1) is 5.75 Å². The lowest BCUT2D eigenvalue weighted by Crippen LogP contribution is -2.45. The second-order valence-corrected chi connectivity index (χ2v) is 9.30. The van der Waals surface area contributed by atoms with Crippen molar-refractivity contribution in [1.29, 1.82) is 0 Å². The summed E-state index contributed by atoms with van der Waals surface area (Å²) in [6, 6.07) is 7.98. The van der Waals surface area contributed by atoms with Crippen LogP contribution in [0.5, 0.6) is 0 Å². The molecule has 1 fully saturated rings. The lowest BCUT2D eigenvalue weighted by molar-refractivity contribution is -0.132. The minimum Gasteiger partial charge on any atom is -0.342 e. The highest BCUT2D eigenvalue weighted by Crippen LogP contribution is 2.31. The van der Waals surface area contributed by atoms with Crippen molar-refractivity contribution in [3.63, 3.8) is 0 Å². The molecule has 6 nitrogen and oxygen atoms in total. The Morgan fingerprint density at radius 2 is 1.81 bits per heavy atom. The fraction of sp³-hybridized carbons (Fsp3) is 0.579. The van der Waals surface area contributed by atoms with Gasteiger partial charge in [0.2, 0.25) is 11.8 Å². The predicted molar refractivity (Wildman–Crippen MR) is 101 cm³/mol. The number of hydrogen-bond acceptors (Lipinski definition) is 4. The van der Waals surface area contributed by atoms with Crippen molar-refractivity contribution >= 4 is 27.3 Å². The van der Waals surface area contributed by atoms with Crippen molar-refractivity contribution in [2.24, 2.45) is 5.92 Å². The van der Waals surface area contributed by atoms with E-state index in [9.17, 15) is 18.0 Å². The van der Waals surface area contributed by atoms with Crippen LogP contribution in [0.4, 0.5) is 5.69 Å². The molecule has 0 unspecified atom stereocenters. The third kappa shape index (κ3) is 4.09. The Labute approximate surface area is 155 Å². The third-order valence-electron chi connectivity index (χ3n) is 5.21. The van der Waals surface area contributed by atoms with Crippen LogP contribution in [0.3, 0.4) is 0 Å². The lowest BCUT2D eigenvalue weighted by Gasteiger charge is -2.33. The Morgan fingerprint density at radius 1 is 1.12 bits per heavy atom. The number of anilines is 1. The van der Waals surface area contributed by atoms with Crippen LogP contribution >= 0.6 is 0 Å². The van der Waals surface area contributed by atoms with E-state index in [1.54, 1.807) is 11.8 Å². The first-order valence-corrected chi connectivity index (χ1v) is 11.1. The lowest BCUT2D eigenvalue weighted by atomic mass is 9.95. The van der Waals surface area contributed by atoms with Crippen LogP contribution in [-0.4, -0.2) is 56.3 Å². The summed E-state index contributed by atoms with van der Waals surface area (Å²) in [7, 11) is -3.32. The van der Waals surface area contributed by atoms with E-state index in [0.717, 1.165) is 12.1 Å². The van der Waals surface area contributed by atoms with Gasteiger partial charge in [0.1, 0.15) is 5.75 Å². The fourth-order valence-corrected chi connectivity index (χ4v) is 5.15. The van der Waals surface area contributed by atoms with Gasteiger partial charge in [0.25, 0.3) is 0 Å². The molecule has 0 aliphatic carbocycles. The van der Waals surface area contributed by atoms with Crippen molar-refractivity contribution in [2.75, 3.05) is 36.0 Å². The van der Waals surface area contributed by atoms with Crippen LogP contribution in [0.2, 0.25) is 0 Å².